The molecule has 82 valence electrons. The number of Topliss-reactive ketones (excluding diaryl/α,β-unsaturated/α-hetero) is 1. The topological polar surface area (TPSA) is 26.3 Å². The molecule has 0 radical (unpaired) electrons. The molecule has 2 heteroatoms. The summed E-state index contributed by atoms with van der Waals surface area (Å²) in [4.78, 5) is 10.7. The van der Waals surface area contributed by atoms with E-state index < -0.39 is 0 Å². The Bertz CT molecular complexity index is 318. The minimum atomic E-state index is 0.0500. The third-order valence-electron chi connectivity index (χ3n) is 2.16. The molecule has 0 atom stereocenters. The predicted octanol–water partition coefficient (Wildman–Crippen LogP) is 3.00. The molecule has 15 heavy (non-hydrogen) atoms. The molecule has 0 spiro atoms. The van der Waals surface area contributed by atoms with Gasteiger partial charge < -0.3 is 4.74 Å². The molecule has 0 amide bonds. The van der Waals surface area contributed by atoms with Crippen molar-refractivity contribution >= 4 is 5.78 Å². The molecule has 2 nitrogen and oxygen atoms in total. The van der Waals surface area contributed by atoms with Gasteiger partial charge in [0.1, 0.15) is 12.4 Å². The highest BCUT2D eigenvalue weighted by Gasteiger charge is 1.98. The molecule has 0 heterocycles. The fraction of sp³-hybridized carbons (Fsp3) is 0.462. The fourth-order valence-electron chi connectivity index (χ4n) is 1.36. The largest absolute Gasteiger partial charge is 0.486 e. The molecule has 0 aromatic heterocycles. The van der Waals surface area contributed by atoms with E-state index in [1.807, 2.05) is 18.2 Å². The second kappa shape index (κ2) is 6.23. The Morgan fingerprint density at radius 3 is 2.87 bits per heavy atom. The summed E-state index contributed by atoms with van der Waals surface area (Å²) >= 11 is 0. The molecular weight excluding hydrogens is 188 g/mol. The average molecular weight is 206 g/mol. The van der Waals surface area contributed by atoms with Crippen LogP contribution in [0.4, 0.5) is 0 Å². The van der Waals surface area contributed by atoms with Gasteiger partial charge >= 0.3 is 0 Å². The van der Waals surface area contributed by atoms with Crippen LogP contribution in [0.1, 0.15) is 32.3 Å². The first-order valence-corrected chi connectivity index (χ1v) is 5.43. The second-order valence-electron chi connectivity index (χ2n) is 3.74. The molecule has 0 aliphatic carbocycles. The van der Waals surface area contributed by atoms with Crippen molar-refractivity contribution in [2.75, 3.05) is 6.61 Å². The van der Waals surface area contributed by atoms with Gasteiger partial charge in [0.15, 0.2) is 5.78 Å². The minimum absolute atomic E-state index is 0.0500. The highest BCUT2D eigenvalue weighted by atomic mass is 16.5. The van der Waals surface area contributed by atoms with Crippen LogP contribution in [0.25, 0.3) is 0 Å². The molecule has 0 bridgehead atoms. The molecule has 0 aliphatic rings. The zero-order valence-corrected chi connectivity index (χ0v) is 9.45. The SMILES string of the molecule is CCCCc1cccc(OCC(C)=O)c1. The maximum atomic E-state index is 10.7. The van der Waals surface area contributed by atoms with Crippen molar-refractivity contribution in [3.63, 3.8) is 0 Å². The lowest BCUT2D eigenvalue weighted by molar-refractivity contribution is -0.118. The van der Waals surface area contributed by atoms with Crippen LogP contribution in [0.3, 0.4) is 0 Å². The van der Waals surface area contributed by atoms with Crippen molar-refractivity contribution < 1.29 is 9.53 Å². The number of benzene rings is 1. The number of aryl methyl sites for hydroxylation is 1. The molecule has 1 rings (SSSR count). The highest BCUT2D eigenvalue weighted by Crippen LogP contribution is 2.15. The molecule has 1 aromatic carbocycles. The highest BCUT2D eigenvalue weighted by molar-refractivity contribution is 5.77. The Balaban J connectivity index is 2.53. The van der Waals surface area contributed by atoms with Gasteiger partial charge in [-0.15, -0.1) is 0 Å². The van der Waals surface area contributed by atoms with Gasteiger partial charge in [-0.2, -0.15) is 0 Å². The van der Waals surface area contributed by atoms with Crippen molar-refractivity contribution in [3.05, 3.63) is 29.8 Å². The Labute approximate surface area is 91.3 Å². The molecule has 0 saturated heterocycles. The van der Waals surface area contributed by atoms with E-state index >= 15 is 0 Å². The van der Waals surface area contributed by atoms with Crippen LogP contribution >= 0.6 is 0 Å². The summed E-state index contributed by atoms with van der Waals surface area (Å²) in [5.41, 5.74) is 1.28. The summed E-state index contributed by atoms with van der Waals surface area (Å²) < 4.78 is 5.34. The molecule has 0 N–H and O–H groups in total. The fourth-order valence-corrected chi connectivity index (χ4v) is 1.36. The normalized spacial score (nSPS) is 10.0. The number of hydrogen-bond acceptors (Lipinski definition) is 2. The first-order chi connectivity index (χ1) is 7.22. The number of unbranched alkanes of at least 4 members (excludes halogenated alkanes) is 1. The number of hydrogen-bond donors (Lipinski definition) is 0. The molecule has 0 unspecified atom stereocenters. The molecule has 1 aromatic rings. The van der Waals surface area contributed by atoms with Crippen LogP contribution in [0.5, 0.6) is 5.75 Å². The Morgan fingerprint density at radius 2 is 2.20 bits per heavy atom. The van der Waals surface area contributed by atoms with Crippen molar-refractivity contribution in [3.8, 4) is 5.75 Å². The van der Waals surface area contributed by atoms with Crippen molar-refractivity contribution in [1.82, 2.24) is 0 Å². The molecule has 0 fully saturated rings. The van der Waals surface area contributed by atoms with Gasteiger partial charge in [-0.1, -0.05) is 25.5 Å². The number of carbonyl (C=O) groups is 1. The number of ether oxygens (including phenoxy) is 1. The van der Waals surface area contributed by atoms with Crippen LogP contribution in [0.15, 0.2) is 24.3 Å². The summed E-state index contributed by atoms with van der Waals surface area (Å²) in [6.45, 7) is 3.87. The lowest BCUT2D eigenvalue weighted by atomic mass is 10.1. The maximum Gasteiger partial charge on any atom is 0.167 e. The van der Waals surface area contributed by atoms with Gasteiger partial charge in [0, 0.05) is 0 Å². The van der Waals surface area contributed by atoms with E-state index in [1.165, 1.54) is 25.3 Å². The summed E-state index contributed by atoms with van der Waals surface area (Å²) in [6.07, 6.45) is 3.46. The van der Waals surface area contributed by atoms with Gasteiger partial charge in [-0.3, -0.25) is 4.79 Å². The summed E-state index contributed by atoms with van der Waals surface area (Å²) in [5, 5.41) is 0. The number of rotatable bonds is 6. The van der Waals surface area contributed by atoms with Crippen LogP contribution in [-0.2, 0) is 11.2 Å². The van der Waals surface area contributed by atoms with Crippen LogP contribution < -0.4 is 4.74 Å². The van der Waals surface area contributed by atoms with Gasteiger partial charge in [-0.25, -0.2) is 0 Å². The molecule has 0 saturated carbocycles. The average Bonchev–Trinajstić information content (AvgIpc) is 2.24. The molecule has 0 aliphatic heterocycles. The predicted molar refractivity (Wildman–Crippen MR) is 61.2 cm³/mol. The van der Waals surface area contributed by atoms with E-state index in [4.69, 9.17) is 4.74 Å². The zero-order chi connectivity index (χ0) is 11.1. The lowest BCUT2D eigenvalue weighted by Crippen LogP contribution is -2.06. The first kappa shape index (κ1) is 11.8. The third-order valence-corrected chi connectivity index (χ3v) is 2.16. The van der Waals surface area contributed by atoms with Crippen molar-refractivity contribution in [1.29, 1.82) is 0 Å². The summed E-state index contributed by atoms with van der Waals surface area (Å²) in [6, 6.07) is 7.97. The van der Waals surface area contributed by atoms with Gasteiger partial charge in [-0.05, 0) is 37.5 Å². The summed E-state index contributed by atoms with van der Waals surface area (Å²) in [7, 11) is 0. The Morgan fingerprint density at radius 1 is 1.40 bits per heavy atom. The standard InChI is InChI=1S/C13H18O2/c1-3-4-6-12-7-5-8-13(9-12)15-10-11(2)14/h5,7-9H,3-4,6,10H2,1-2H3. The van der Waals surface area contributed by atoms with Gasteiger partial charge in [0.25, 0.3) is 0 Å². The summed E-state index contributed by atoms with van der Waals surface area (Å²) in [5.74, 6) is 0.841. The monoisotopic (exact) mass is 206 g/mol. The quantitative estimate of drug-likeness (QED) is 0.715. The lowest BCUT2D eigenvalue weighted by Gasteiger charge is -2.06. The van der Waals surface area contributed by atoms with E-state index in [2.05, 4.69) is 13.0 Å². The second-order valence-corrected chi connectivity index (χ2v) is 3.74. The van der Waals surface area contributed by atoms with Crippen LogP contribution in [-0.4, -0.2) is 12.4 Å². The van der Waals surface area contributed by atoms with Crippen LogP contribution in [0.2, 0.25) is 0 Å². The van der Waals surface area contributed by atoms with E-state index in [0.29, 0.717) is 0 Å². The first-order valence-electron chi connectivity index (χ1n) is 5.43. The van der Waals surface area contributed by atoms with Crippen molar-refractivity contribution in [2.45, 2.75) is 33.1 Å². The van der Waals surface area contributed by atoms with E-state index in [1.54, 1.807) is 0 Å². The minimum Gasteiger partial charge on any atom is -0.486 e. The van der Waals surface area contributed by atoms with E-state index in [0.717, 1.165) is 12.2 Å². The molecular formula is C13H18O2. The van der Waals surface area contributed by atoms with Crippen molar-refractivity contribution in [2.24, 2.45) is 0 Å². The van der Waals surface area contributed by atoms with E-state index in [9.17, 15) is 4.79 Å². The Hall–Kier alpha value is -1.31. The van der Waals surface area contributed by atoms with E-state index in [-0.39, 0.29) is 12.4 Å². The Kier molecular flexibility index (Phi) is 4.88. The number of carbonyl (C=O) groups excluding carboxylic acids is 1. The van der Waals surface area contributed by atoms with Gasteiger partial charge in [0.05, 0.1) is 0 Å². The van der Waals surface area contributed by atoms with Gasteiger partial charge in [0.2, 0.25) is 0 Å². The van der Waals surface area contributed by atoms with Crippen LogP contribution in [0, 0.1) is 0 Å². The third kappa shape index (κ3) is 4.63. The maximum absolute atomic E-state index is 10.7. The smallest absolute Gasteiger partial charge is 0.167 e. The number of ketones is 1. The zero-order valence-electron chi connectivity index (χ0n) is 9.45.